The normalized spacial score (nSPS) is 18.6. The minimum atomic E-state index is -3.62. The van der Waals surface area contributed by atoms with E-state index in [2.05, 4.69) is 0 Å². The number of ether oxygens (including phenoxy) is 1. The van der Waals surface area contributed by atoms with Gasteiger partial charge in [0.25, 0.3) is 0 Å². The molecule has 1 atom stereocenters. The van der Waals surface area contributed by atoms with Crippen LogP contribution in [0.1, 0.15) is 25.3 Å². The number of hydrogen-bond acceptors (Lipinski definition) is 5. The monoisotopic (exact) mass is 323 g/mol. The van der Waals surface area contributed by atoms with Gasteiger partial charge in [-0.3, -0.25) is 0 Å². The van der Waals surface area contributed by atoms with Gasteiger partial charge in [0, 0.05) is 19.1 Å². The van der Waals surface area contributed by atoms with Crippen LogP contribution < -0.4 is 10.5 Å². The molecular weight excluding hydrogens is 302 g/mol. The van der Waals surface area contributed by atoms with Crippen LogP contribution in [0, 0.1) is 17.2 Å². The number of benzene rings is 1. The molecule has 7 heteroatoms. The first-order chi connectivity index (χ1) is 10.4. The number of sulfonamides is 1. The fraction of sp³-hybridized carbons (Fsp3) is 0.533. The first-order valence-electron chi connectivity index (χ1n) is 7.24. The topological polar surface area (TPSA) is 96.4 Å². The van der Waals surface area contributed by atoms with Gasteiger partial charge in [0.05, 0.1) is 18.7 Å². The first kappa shape index (κ1) is 16.7. The maximum atomic E-state index is 12.8. The smallest absolute Gasteiger partial charge is 0.246 e. The van der Waals surface area contributed by atoms with E-state index in [9.17, 15) is 8.42 Å². The van der Waals surface area contributed by atoms with E-state index in [-0.39, 0.29) is 16.7 Å². The fourth-order valence-electron chi connectivity index (χ4n) is 2.73. The Bertz CT molecular complexity index is 672. The third-order valence-corrected chi connectivity index (χ3v) is 6.09. The molecule has 1 unspecified atom stereocenters. The van der Waals surface area contributed by atoms with Crippen LogP contribution in [0.5, 0.6) is 5.75 Å². The molecule has 0 aliphatic carbocycles. The second-order valence-corrected chi connectivity index (χ2v) is 7.48. The molecule has 6 nitrogen and oxygen atoms in total. The molecule has 1 fully saturated rings. The Morgan fingerprint density at radius 3 is 2.55 bits per heavy atom. The van der Waals surface area contributed by atoms with Crippen LogP contribution in [-0.4, -0.2) is 39.0 Å². The molecule has 0 saturated carbocycles. The first-order valence-corrected chi connectivity index (χ1v) is 8.68. The van der Waals surface area contributed by atoms with E-state index in [1.165, 1.54) is 29.6 Å². The number of nitrogens with zero attached hydrogens (tertiary/aromatic N) is 2. The highest BCUT2D eigenvalue weighted by Gasteiger charge is 2.32. The maximum absolute atomic E-state index is 12.8. The molecule has 1 aromatic rings. The van der Waals surface area contributed by atoms with E-state index in [0.717, 1.165) is 12.8 Å². The highest BCUT2D eigenvalue weighted by molar-refractivity contribution is 7.89. The van der Waals surface area contributed by atoms with Gasteiger partial charge in [0.1, 0.15) is 10.6 Å². The van der Waals surface area contributed by atoms with Crippen LogP contribution in [-0.2, 0) is 10.0 Å². The lowest BCUT2D eigenvalue weighted by atomic mass is 9.92. The average molecular weight is 323 g/mol. The molecule has 1 aliphatic heterocycles. The number of piperidine rings is 1. The molecule has 120 valence electrons. The Morgan fingerprint density at radius 2 is 2.05 bits per heavy atom. The Balaban J connectivity index is 2.27. The van der Waals surface area contributed by atoms with Crippen molar-refractivity contribution in [3.05, 3.63) is 23.8 Å². The Morgan fingerprint density at radius 1 is 1.41 bits per heavy atom. The van der Waals surface area contributed by atoms with Crippen LogP contribution in [0.3, 0.4) is 0 Å². The zero-order valence-corrected chi connectivity index (χ0v) is 13.6. The lowest BCUT2D eigenvalue weighted by Crippen LogP contribution is -2.42. The molecule has 0 amide bonds. The molecule has 1 aromatic carbocycles. The van der Waals surface area contributed by atoms with Gasteiger partial charge in [0.2, 0.25) is 10.0 Å². The second-order valence-electron chi connectivity index (χ2n) is 5.58. The third-order valence-electron chi connectivity index (χ3n) is 4.15. The minimum Gasteiger partial charge on any atom is -0.495 e. The van der Waals surface area contributed by atoms with Gasteiger partial charge in [-0.05, 0) is 43.9 Å². The summed E-state index contributed by atoms with van der Waals surface area (Å²) in [5.74, 6) is 0.558. The highest BCUT2D eigenvalue weighted by Crippen LogP contribution is 2.30. The summed E-state index contributed by atoms with van der Waals surface area (Å²) in [7, 11) is -2.22. The van der Waals surface area contributed by atoms with Crippen molar-refractivity contribution in [3.8, 4) is 11.8 Å². The molecule has 1 aliphatic rings. The van der Waals surface area contributed by atoms with Gasteiger partial charge in [-0.15, -0.1) is 0 Å². The average Bonchev–Trinajstić information content (AvgIpc) is 2.54. The summed E-state index contributed by atoms with van der Waals surface area (Å²) in [5, 5.41) is 8.90. The van der Waals surface area contributed by atoms with E-state index < -0.39 is 10.0 Å². The summed E-state index contributed by atoms with van der Waals surface area (Å²) in [4.78, 5) is 0.105. The fourth-order valence-corrected chi connectivity index (χ4v) is 4.34. The molecular formula is C15H21N3O3S. The van der Waals surface area contributed by atoms with Crippen LogP contribution in [0.4, 0.5) is 0 Å². The molecule has 0 bridgehead atoms. The molecule has 22 heavy (non-hydrogen) atoms. The van der Waals surface area contributed by atoms with E-state index in [0.29, 0.717) is 24.6 Å². The number of methoxy groups -OCH3 is 1. The van der Waals surface area contributed by atoms with Crippen molar-refractivity contribution in [2.24, 2.45) is 11.7 Å². The molecule has 0 aromatic heterocycles. The number of nitriles is 1. The summed E-state index contributed by atoms with van der Waals surface area (Å²) in [6.07, 6.45) is 1.52. The van der Waals surface area contributed by atoms with Crippen molar-refractivity contribution in [3.63, 3.8) is 0 Å². The van der Waals surface area contributed by atoms with Gasteiger partial charge in [-0.25, -0.2) is 8.42 Å². The SMILES string of the molecule is COc1cc(C#N)ccc1S(=O)(=O)N1CCC(C(C)N)CC1. The van der Waals surface area contributed by atoms with Crippen molar-refractivity contribution in [1.29, 1.82) is 5.26 Å². The largest absolute Gasteiger partial charge is 0.495 e. The molecule has 1 saturated heterocycles. The number of hydrogen-bond donors (Lipinski definition) is 1. The minimum absolute atomic E-state index is 0.0781. The lowest BCUT2D eigenvalue weighted by Gasteiger charge is -2.33. The van der Waals surface area contributed by atoms with E-state index in [1.807, 2.05) is 13.0 Å². The van der Waals surface area contributed by atoms with Crippen molar-refractivity contribution in [2.75, 3.05) is 20.2 Å². The van der Waals surface area contributed by atoms with Crippen LogP contribution in [0.2, 0.25) is 0 Å². The Hall–Kier alpha value is -1.62. The molecule has 1 heterocycles. The zero-order chi connectivity index (χ0) is 16.3. The zero-order valence-electron chi connectivity index (χ0n) is 12.8. The van der Waals surface area contributed by atoms with Gasteiger partial charge in [-0.2, -0.15) is 9.57 Å². The molecule has 0 radical (unpaired) electrons. The van der Waals surface area contributed by atoms with Gasteiger partial charge in [-0.1, -0.05) is 0 Å². The summed E-state index contributed by atoms with van der Waals surface area (Å²) in [5.41, 5.74) is 6.26. The summed E-state index contributed by atoms with van der Waals surface area (Å²) < 4.78 is 32.2. The Labute approximate surface area is 131 Å². The van der Waals surface area contributed by atoms with Gasteiger partial charge < -0.3 is 10.5 Å². The van der Waals surface area contributed by atoms with Crippen LogP contribution in [0.15, 0.2) is 23.1 Å². The standard InChI is InChI=1S/C15H21N3O3S/c1-11(17)13-5-7-18(8-6-13)22(19,20)15-4-3-12(10-16)9-14(15)21-2/h3-4,9,11,13H,5-8,17H2,1-2H3. The second kappa shape index (κ2) is 6.65. The summed E-state index contributed by atoms with van der Waals surface area (Å²) >= 11 is 0. The summed E-state index contributed by atoms with van der Waals surface area (Å²) in [6, 6.07) is 6.42. The maximum Gasteiger partial charge on any atom is 0.246 e. The van der Waals surface area contributed by atoms with Crippen LogP contribution >= 0.6 is 0 Å². The van der Waals surface area contributed by atoms with E-state index in [1.54, 1.807) is 0 Å². The number of nitrogens with two attached hydrogens (primary N) is 1. The predicted octanol–water partition coefficient (Wildman–Crippen LogP) is 1.31. The van der Waals surface area contributed by atoms with E-state index >= 15 is 0 Å². The van der Waals surface area contributed by atoms with Crippen molar-refractivity contribution < 1.29 is 13.2 Å². The van der Waals surface area contributed by atoms with Crippen LogP contribution in [0.25, 0.3) is 0 Å². The molecule has 2 N–H and O–H groups in total. The molecule has 0 spiro atoms. The van der Waals surface area contributed by atoms with E-state index in [4.69, 9.17) is 15.7 Å². The van der Waals surface area contributed by atoms with Crippen molar-refractivity contribution in [2.45, 2.75) is 30.7 Å². The van der Waals surface area contributed by atoms with Crippen molar-refractivity contribution in [1.82, 2.24) is 4.31 Å². The van der Waals surface area contributed by atoms with Gasteiger partial charge >= 0.3 is 0 Å². The quantitative estimate of drug-likeness (QED) is 0.901. The van der Waals surface area contributed by atoms with Gasteiger partial charge in [0.15, 0.2) is 0 Å². The predicted molar refractivity (Wildman–Crippen MR) is 82.8 cm³/mol. The number of rotatable bonds is 4. The van der Waals surface area contributed by atoms with Crippen molar-refractivity contribution >= 4 is 10.0 Å². The highest BCUT2D eigenvalue weighted by atomic mass is 32.2. The summed E-state index contributed by atoms with van der Waals surface area (Å²) in [6.45, 7) is 2.87. The Kier molecular flexibility index (Phi) is 5.06. The molecule has 2 rings (SSSR count). The third kappa shape index (κ3) is 3.24. The lowest BCUT2D eigenvalue weighted by molar-refractivity contribution is 0.250.